The van der Waals surface area contributed by atoms with Crippen molar-refractivity contribution in [3.63, 3.8) is 0 Å². The smallest absolute Gasteiger partial charge is 0.303 e. The Morgan fingerprint density at radius 1 is 0.738 bits per heavy atom. The summed E-state index contributed by atoms with van der Waals surface area (Å²) >= 11 is 0. The standard InChI is InChI=1S/C44H62O17/c1-20(45)44(13,53)37-30(55-22(3)47)17-41(10)32-15-14-27-28(43(32,12)33(52)18-42(37,41)11)16-29(38(40(27,8)9)59-26(7)51)60-39-36(58-25(6)50)35(57-24(5)49)34(56-23(4)48)31(61-39)19-54-21(2)46/h14,28-32,34-39,53H,15-19H2,1-13H3/t28-,29+,30-,31-,32+,34-,35+,36-,37+,38+,39-,41+,42-,43+,44+/m1/s1. The molecule has 5 rings (SSSR count). The molecule has 0 unspecified atom stereocenters. The number of hydrogen-bond donors (Lipinski definition) is 1. The highest BCUT2D eigenvalue weighted by Gasteiger charge is 2.75. The van der Waals surface area contributed by atoms with E-state index in [2.05, 4.69) is 6.08 Å². The van der Waals surface area contributed by atoms with Gasteiger partial charge < -0.3 is 43.0 Å². The van der Waals surface area contributed by atoms with Gasteiger partial charge in [0.1, 0.15) is 36.3 Å². The monoisotopic (exact) mass is 862 g/mol. The molecule has 0 amide bonds. The first-order valence-corrected chi connectivity index (χ1v) is 20.8. The van der Waals surface area contributed by atoms with Crippen LogP contribution in [-0.2, 0) is 76.3 Å². The molecule has 4 fully saturated rings. The molecular weight excluding hydrogens is 800 g/mol. The summed E-state index contributed by atoms with van der Waals surface area (Å²) in [5, 5.41) is 11.8. The molecular formula is C44H62O17. The second-order valence-electron chi connectivity index (χ2n) is 19.0. The van der Waals surface area contributed by atoms with E-state index < -0.39 is 142 Å². The van der Waals surface area contributed by atoms with E-state index in [0.717, 1.165) is 33.3 Å². The fraction of sp³-hybridized carbons (Fsp3) is 0.773. The molecule has 17 nitrogen and oxygen atoms in total. The van der Waals surface area contributed by atoms with Crippen molar-refractivity contribution in [3.8, 4) is 0 Å². The highest BCUT2D eigenvalue weighted by molar-refractivity contribution is 5.89. The number of fused-ring (bicyclic) bond motifs is 5. The number of esters is 6. The summed E-state index contributed by atoms with van der Waals surface area (Å²) in [6.45, 7) is 18.8. The average molecular weight is 863 g/mol. The van der Waals surface area contributed by atoms with Gasteiger partial charge in [-0.05, 0) is 55.8 Å². The second-order valence-corrected chi connectivity index (χ2v) is 19.0. The third kappa shape index (κ3) is 8.38. The van der Waals surface area contributed by atoms with E-state index >= 15 is 4.79 Å². The number of ether oxygens (including phenoxy) is 8. The Morgan fingerprint density at radius 2 is 1.28 bits per heavy atom. The van der Waals surface area contributed by atoms with Crippen molar-refractivity contribution in [1.82, 2.24) is 0 Å². The Bertz CT molecular complexity index is 1870. The van der Waals surface area contributed by atoms with Crippen molar-refractivity contribution < 1.29 is 81.4 Å². The topological polar surface area (TPSA) is 231 Å². The van der Waals surface area contributed by atoms with Gasteiger partial charge in [-0.2, -0.15) is 0 Å². The molecule has 1 saturated heterocycles. The first kappa shape index (κ1) is 47.8. The van der Waals surface area contributed by atoms with Crippen molar-refractivity contribution in [1.29, 1.82) is 0 Å². The zero-order valence-corrected chi connectivity index (χ0v) is 37.4. The van der Waals surface area contributed by atoms with Crippen LogP contribution in [0.2, 0.25) is 0 Å². The van der Waals surface area contributed by atoms with Crippen LogP contribution >= 0.6 is 0 Å². The van der Waals surface area contributed by atoms with Gasteiger partial charge in [-0.1, -0.05) is 46.3 Å². The van der Waals surface area contributed by atoms with Gasteiger partial charge in [-0.25, -0.2) is 0 Å². The minimum absolute atomic E-state index is 0.0504. The Labute approximate surface area is 356 Å². The van der Waals surface area contributed by atoms with Gasteiger partial charge in [-0.3, -0.25) is 38.4 Å². The number of rotatable bonds is 11. The average Bonchev–Trinajstić information content (AvgIpc) is 3.33. The quantitative estimate of drug-likeness (QED) is 0.177. The van der Waals surface area contributed by atoms with E-state index in [9.17, 15) is 38.7 Å². The summed E-state index contributed by atoms with van der Waals surface area (Å²) in [5.41, 5.74) is -4.95. The molecule has 0 aromatic heterocycles. The lowest BCUT2D eigenvalue weighted by Gasteiger charge is -2.65. The summed E-state index contributed by atoms with van der Waals surface area (Å²) in [6.07, 6.45) is -7.66. The number of Topliss-reactive ketones (excluding diaryl/α,β-unsaturated/α-hetero) is 2. The predicted octanol–water partition coefficient (Wildman–Crippen LogP) is 3.66. The molecule has 4 aliphatic carbocycles. The molecule has 1 aliphatic heterocycles. The van der Waals surface area contributed by atoms with Crippen LogP contribution in [0.4, 0.5) is 0 Å². The highest BCUT2D eigenvalue weighted by Crippen LogP contribution is 2.74. The zero-order valence-electron chi connectivity index (χ0n) is 37.4. The second kappa shape index (κ2) is 16.8. The Hall–Kier alpha value is -4.22. The van der Waals surface area contributed by atoms with Gasteiger partial charge >= 0.3 is 35.8 Å². The molecule has 15 atom stereocenters. The number of carbonyl (C=O) groups excluding carboxylic acids is 8. The van der Waals surface area contributed by atoms with Gasteiger partial charge in [0, 0.05) is 64.7 Å². The van der Waals surface area contributed by atoms with E-state index in [1.807, 2.05) is 34.6 Å². The first-order chi connectivity index (χ1) is 28.0. The largest absolute Gasteiger partial charge is 0.463 e. The SMILES string of the molecule is CC(=O)OC[C@H]1O[C@@H](O[C@H]2C[C@@H]3C(=CC[C@@H]4[C@@]3(C)C(=O)C[C@]3(C)[C@@H]([C@@](C)(O)C(C)=O)[C@H](OC(C)=O)C[C@@]43C)C(C)(C)[C@H]2OC(C)=O)[C@H](OC(C)=O)[C@@H](OC(C)=O)[C@@H]1OC(C)=O. The lowest BCUT2D eigenvalue weighted by atomic mass is 9.38. The molecule has 17 heteroatoms. The minimum atomic E-state index is -1.93. The van der Waals surface area contributed by atoms with E-state index in [0.29, 0.717) is 6.42 Å². The molecule has 0 spiro atoms. The van der Waals surface area contributed by atoms with Crippen LogP contribution in [0, 0.1) is 39.4 Å². The van der Waals surface area contributed by atoms with Crippen molar-refractivity contribution in [3.05, 3.63) is 11.6 Å². The van der Waals surface area contributed by atoms with Crippen LogP contribution in [-0.4, -0.2) is 114 Å². The van der Waals surface area contributed by atoms with Crippen molar-refractivity contribution in [2.24, 2.45) is 39.4 Å². The third-order valence-electron chi connectivity index (χ3n) is 14.7. The van der Waals surface area contributed by atoms with Gasteiger partial charge in [0.25, 0.3) is 0 Å². The van der Waals surface area contributed by atoms with Crippen LogP contribution in [0.15, 0.2) is 11.6 Å². The highest BCUT2D eigenvalue weighted by atomic mass is 16.7. The van der Waals surface area contributed by atoms with Crippen LogP contribution in [0.25, 0.3) is 0 Å². The number of ketones is 2. The fourth-order valence-electron chi connectivity index (χ4n) is 12.0. The normalized spacial score (nSPS) is 39.7. The molecule has 340 valence electrons. The van der Waals surface area contributed by atoms with E-state index in [1.165, 1.54) is 27.7 Å². The summed E-state index contributed by atoms with van der Waals surface area (Å²) < 4.78 is 47.1. The molecule has 0 radical (unpaired) electrons. The molecule has 0 bridgehead atoms. The Morgan fingerprint density at radius 3 is 1.80 bits per heavy atom. The van der Waals surface area contributed by atoms with E-state index in [4.69, 9.17) is 37.9 Å². The van der Waals surface area contributed by atoms with Crippen molar-refractivity contribution in [2.45, 2.75) is 170 Å². The van der Waals surface area contributed by atoms with E-state index in [1.54, 1.807) is 0 Å². The van der Waals surface area contributed by atoms with Gasteiger partial charge in [0.2, 0.25) is 0 Å². The third-order valence-corrected chi connectivity index (χ3v) is 14.7. The predicted molar refractivity (Wildman–Crippen MR) is 209 cm³/mol. The lowest BCUT2D eigenvalue weighted by molar-refractivity contribution is -0.328. The number of hydrogen-bond acceptors (Lipinski definition) is 17. The van der Waals surface area contributed by atoms with Gasteiger partial charge in [0.05, 0.1) is 6.10 Å². The zero-order chi connectivity index (χ0) is 45.9. The van der Waals surface area contributed by atoms with Crippen molar-refractivity contribution >= 4 is 47.4 Å². The summed E-state index contributed by atoms with van der Waals surface area (Å²) in [7, 11) is 0. The molecule has 0 aromatic rings. The maximum atomic E-state index is 15.2. The van der Waals surface area contributed by atoms with Crippen LogP contribution in [0.3, 0.4) is 0 Å². The summed E-state index contributed by atoms with van der Waals surface area (Å²) in [4.78, 5) is 103. The van der Waals surface area contributed by atoms with Crippen LogP contribution in [0.1, 0.15) is 116 Å². The maximum Gasteiger partial charge on any atom is 0.303 e. The number of carbonyl (C=O) groups is 8. The maximum absolute atomic E-state index is 15.2. The lowest BCUT2D eigenvalue weighted by Crippen LogP contribution is -2.67. The first-order valence-electron chi connectivity index (χ1n) is 20.8. The Kier molecular flexibility index (Phi) is 13.2. The number of allylic oxidation sites excluding steroid dienone is 1. The van der Waals surface area contributed by atoms with Crippen LogP contribution < -0.4 is 0 Å². The van der Waals surface area contributed by atoms with Gasteiger partial charge in [-0.15, -0.1) is 0 Å². The van der Waals surface area contributed by atoms with E-state index in [-0.39, 0.29) is 25.0 Å². The Balaban J connectivity index is 1.63. The van der Waals surface area contributed by atoms with Gasteiger partial charge in [0.15, 0.2) is 30.4 Å². The summed E-state index contributed by atoms with van der Waals surface area (Å²) in [6, 6.07) is 0. The molecule has 3 saturated carbocycles. The molecule has 5 aliphatic rings. The number of aliphatic hydroxyl groups is 1. The molecule has 0 aromatic carbocycles. The molecule has 61 heavy (non-hydrogen) atoms. The summed E-state index contributed by atoms with van der Waals surface area (Å²) in [5.74, 6) is -6.88. The fourth-order valence-corrected chi connectivity index (χ4v) is 12.0. The van der Waals surface area contributed by atoms with Crippen LogP contribution in [0.5, 0.6) is 0 Å². The molecule has 1 N–H and O–H groups in total. The van der Waals surface area contributed by atoms with Crippen molar-refractivity contribution in [2.75, 3.05) is 6.61 Å². The molecule has 1 heterocycles. The minimum Gasteiger partial charge on any atom is -0.463 e.